The van der Waals surface area contributed by atoms with Crippen molar-refractivity contribution in [1.29, 1.82) is 0 Å². The van der Waals surface area contributed by atoms with Crippen molar-refractivity contribution in [3.05, 3.63) is 30.1 Å². The number of hydrogen-bond donors (Lipinski definition) is 2. The van der Waals surface area contributed by atoms with Gasteiger partial charge in [-0.25, -0.2) is 0 Å². The first-order valence-corrected chi connectivity index (χ1v) is 7.71. The molecular weight excluding hydrogens is 266 g/mol. The normalized spacial score (nSPS) is 28.4. The third-order valence-electron chi connectivity index (χ3n) is 4.37. The van der Waals surface area contributed by atoms with E-state index in [-0.39, 0.29) is 17.9 Å². The molecule has 21 heavy (non-hydrogen) atoms. The first kappa shape index (κ1) is 14.0. The molecule has 0 aromatic carbocycles. The molecule has 2 aliphatic rings. The van der Waals surface area contributed by atoms with Crippen LogP contribution in [0.1, 0.15) is 43.6 Å². The van der Waals surface area contributed by atoms with Crippen LogP contribution in [0.15, 0.2) is 24.5 Å². The van der Waals surface area contributed by atoms with Gasteiger partial charge in [-0.3, -0.25) is 14.6 Å². The lowest BCUT2D eigenvalue weighted by atomic mass is 10.1. The molecule has 1 aromatic rings. The number of nitrogens with one attached hydrogen (secondary N) is 2. The highest BCUT2D eigenvalue weighted by atomic mass is 16.2. The van der Waals surface area contributed by atoms with Gasteiger partial charge in [0.05, 0.1) is 0 Å². The molecule has 2 amide bonds. The van der Waals surface area contributed by atoms with Gasteiger partial charge in [0.15, 0.2) is 0 Å². The van der Waals surface area contributed by atoms with Gasteiger partial charge in [0, 0.05) is 25.4 Å². The second kappa shape index (κ2) is 6.24. The zero-order valence-electron chi connectivity index (χ0n) is 12.0. The second-order valence-corrected chi connectivity index (χ2v) is 6.00. The van der Waals surface area contributed by atoms with Gasteiger partial charge in [0.25, 0.3) is 0 Å². The number of aromatic nitrogens is 1. The van der Waals surface area contributed by atoms with Crippen LogP contribution < -0.4 is 10.6 Å². The average Bonchev–Trinajstić information content (AvgIpc) is 3.30. The van der Waals surface area contributed by atoms with E-state index in [1.165, 1.54) is 5.56 Å². The van der Waals surface area contributed by atoms with Crippen LogP contribution in [0, 0.1) is 5.92 Å². The highest BCUT2D eigenvalue weighted by Gasteiger charge is 2.38. The Morgan fingerprint density at radius 3 is 3.14 bits per heavy atom. The lowest BCUT2D eigenvalue weighted by Crippen LogP contribution is -2.46. The van der Waals surface area contributed by atoms with E-state index in [9.17, 15) is 9.59 Å². The summed E-state index contributed by atoms with van der Waals surface area (Å²) >= 11 is 0. The summed E-state index contributed by atoms with van der Waals surface area (Å²) in [5.41, 5.74) is 1.25. The Morgan fingerprint density at radius 1 is 1.43 bits per heavy atom. The summed E-state index contributed by atoms with van der Waals surface area (Å²) in [6, 6.07) is 3.69. The molecule has 0 radical (unpaired) electrons. The number of rotatable bonds is 4. The first-order chi connectivity index (χ1) is 10.2. The number of amides is 2. The van der Waals surface area contributed by atoms with Crippen LogP contribution >= 0.6 is 0 Å². The van der Waals surface area contributed by atoms with Gasteiger partial charge in [0.1, 0.15) is 6.04 Å². The Hall–Kier alpha value is -1.91. The maximum Gasteiger partial charge on any atom is 0.242 e. The fraction of sp³-hybridized carbons (Fsp3) is 0.562. The van der Waals surface area contributed by atoms with E-state index in [0.717, 1.165) is 25.7 Å². The van der Waals surface area contributed by atoms with Crippen molar-refractivity contribution in [3.8, 4) is 0 Å². The molecule has 1 aromatic heterocycles. The Morgan fingerprint density at radius 2 is 2.33 bits per heavy atom. The molecule has 3 rings (SSSR count). The van der Waals surface area contributed by atoms with E-state index < -0.39 is 0 Å². The molecule has 2 heterocycles. The maximum absolute atomic E-state index is 12.1. The van der Waals surface area contributed by atoms with E-state index in [1.807, 2.05) is 12.3 Å². The number of pyridine rings is 1. The van der Waals surface area contributed by atoms with Gasteiger partial charge in [-0.2, -0.15) is 0 Å². The molecular formula is C16H21N3O2. The molecule has 0 unspecified atom stereocenters. The minimum Gasteiger partial charge on any atom is -0.354 e. The monoisotopic (exact) mass is 287 g/mol. The fourth-order valence-electron chi connectivity index (χ4n) is 3.00. The Kier molecular flexibility index (Phi) is 4.18. The topological polar surface area (TPSA) is 71.1 Å². The summed E-state index contributed by atoms with van der Waals surface area (Å²) in [6.45, 7) is 0.685. The predicted molar refractivity (Wildman–Crippen MR) is 78.5 cm³/mol. The molecule has 5 heteroatoms. The lowest BCUT2D eigenvalue weighted by molar-refractivity contribution is -0.128. The third-order valence-corrected chi connectivity index (χ3v) is 4.37. The van der Waals surface area contributed by atoms with Crippen LogP contribution in [0.25, 0.3) is 0 Å². The standard InChI is InChI=1S/C16H21N3O2/c20-15-6-2-1-5-14(19-15)16(21)18-10-12-8-13(12)11-4-3-7-17-9-11/h3-4,7,9,12-14H,1-2,5-6,8,10H2,(H,18,21)(H,19,20)/t12-,13-,14-/m0/s1. The molecule has 1 saturated carbocycles. The molecule has 1 aliphatic carbocycles. The smallest absolute Gasteiger partial charge is 0.242 e. The van der Waals surface area contributed by atoms with E-state index >= 15 is 0 Å². The minimum absolute atomic E-state index is 0.00712. The van der Waals surface area contributed by atoms with Crippen LogP contribution in [0.4, 0.5) is 0 Å². The molecule has 0 bridgehead atoms. The van der Waals surface area contributed by atoms with Crippen molar-refractivity contribution in [2.75, 3.05) is 6.54 Å². The number of hydrogen-bond acceptors (Lipinski definition) is 3. The van der Waals surface area contributed by atoms with Gasteiger partial charge in [-0.1, -0.05) is 12.5 Å². The maximum atomic E-state index is 12.1. The van der Waals surface area contributed by atoms with E-state index in [4.69, 9.17) is 0 Å². The Labute approximate surface area is 124 Å². The molecule has 2 fully saturated rings. The largest absolute Gasteiger partial charge is 0.354 e. The van der Waals surface area contributed by atoms with Gasteiger partial charge in [-0.15, -0.1) is 0 Å². The zero-order chi connectivity index (χ0) is 14.7. The van der Waals surface area contributed by atoms with Crippen molar-refractivity contribution in [1.82, 2.24) is 15.6 Å². The Balaban J connectivity index is 1.45. The van der Waals surface area contributed by atoms with Crippen molar-refractivity contribution in [2.24, 2.45) is 5.92 Å². The van der Waals surface area contributed by atoms with Crippen molar-refractivity contribution in [3.63, 3.8) is 0 Å². The Bertz CT molecular complexity index is 518. The first-order valence-electron chi connectivity index (χ1n) is 7.71. The van der Waals surface area contributed by atoms with Crippen LogP contribution in [-0.4, -0.2) is 29.4 Å². The summed E-state index contributed by atoms with van der Waals surface area (Å²) < 4.78 is 0. The molecule has 112 valence electrons. The fourth-order valence-corrected chi connectivity index (χ4v) is 3.00. The zero-order valence-corrected chi connectivity index (χ0v) is 12.0. The summed E-state index contributed by atoms with van der Waals surface area (Å²) in [5.74, 6) is 0.969. The molecule has 1 aliphatic heterocycles. The SMILES string of the molecule is O=C1CCCC[C@@H](C(=O)NC[C@@H]2C[C@H]2c2cccnc2)N1. The van der Waals surface area contributed by atoms with Gasteiger partial charge >= 0.3 is 0 Å². The summed E-state index contributed by atoms with van der Waals surface area (Å²) in [7, 11) is 0. The summed E-state index contributed by atoms with van der Waals surface area (Å²) in [4.78, 5) is 27.8. The van der Waals surface area contributed by atoms with Crippen LogP contribution in [-0.2, 0) is 9.59 Å². The molecule has 0 spiro atoms. The highest BCUT2D eigenvalue weighted by molar-refractivity contribution is 5.87. The number of carbonyl (C=O) groups excluding carboxylic acids is 2. The predicted octanol–water partition coefficient (Wildman–Crippen LogP) is 1.36. The second-order valence-electron chi connectivity index (χ2n) is 6.00. The quantitative estimate of drug-likeness (QED) is 0.878. The number of carbonyl (C=O) groups is 2. The van der Waals surface area contributed by atoms with E-state index in [0.29, 0.717) is 24.8 Å². The van der Waals surface area contributed by atoms with Gasteiger partial charge < -0.3 is 10.6 Å². The average molecular weight is 287 g/mol. The summed E-state index contributed by atoms with van der Waals surface area (Å²) in [6.07, 6.45) is 7.86. The van der Waals surface area contributed by atoms with Crippen molar-refractivity contribution in [2.45, 2.75) is 44.1 Å². The van der Waals surface area contributed by atoms with Crippen molar-refractivity contribution < 1.29 is 9.59 Å². The highest BCUT2D eigenvalue weighted by Crippen LogP contribution is 2.46. The van der Waals surface area contributed by atoms with E-state index in [2.05, 4.69) is 21.7 Å². The van der Waals surface area contributed by atoms with Crippen LogP contribution in [0.5, 0.6) is 0 Å². The molecule has 5 nitrogen and oxygen atoms in total. The molecule has 2 N–H and O–H groups in total. The molecule has 3 atom stereocenters. The van der Waals surface area contributed by atoms with E-state index in [1.54, 1.807) is 6.20 Å². The van der Waals surface area contributed by atoms with Gasteiger partial charge in [0.2, 0.25) is 11.8 Å². The summed E-state index contributed by atoms with van der Waals surface area (Å²) in [5, 5.41) is 5.79. The molecule has 1 saturated heterocycles. The minimum atomic E-state index is -0.351. The van der Waals surface area contributed by atoms with Crippen LogP contribution in [0.2, 0.25) is 0 Å². The van der Waals surface area contributed by atoms with Crippen molar-refractivity contribution >= 4 is 11.8 Å². The lowest BCUT2D eigenvalue weighted by Gasteiger charge is -2.15. The third kappa shape index (κ3) is 3.60. The van der Waals surface area contributed by atoms with Crippen LogP contribution in [0.3, 0.4) is 0 Å². The number of nitrogens with zero attached hydrogens (tertiary/aromatic N) is 1. The van der Waals surface area contributed by atoms with Gasteiger partial charge in [-0.05, 0) is 42.7 Å².